The first-order chi connectivity index (χ1) is 8.95. The summed E-state index contributed by atoms with van der Waals surface area (Å²) in [5, 5.41) is 0. The molecule has 0 bridgehead atoms. The molecule has 1 heterocycles. The minimum Gasteiger partial charge on any atom is -0.467 e. The lowest BCUT2D eigenvalue weighted by Crippen LogP contribution is -2.55. The van der Waals surface area contributed by atoms with Crippen molar-refractivity contribution in [2.45, 2.75) is 19.4 Å². The van der Waals surface area contributed by atoms with Crippen molar-refractivity contribution in [2.24, 2.45) is 0 Å². The molecule has 19 heavy (non-hydrogen) atoms. The first kappa shape index (κ1) is 14.5. The minimum atomic E-state index is -0.448. The minimum absolute atomic E-state index is 0.150. The molecule has 0 aliphatic carbocycles. The largest absolute Gasteiger partial charge is 0.467 e. The van der Waals surface area contributed by atoms with Crippen LogP contribution < -0.4 is 0 Å². The lowest BCUT2D eigenvalue weighted by molar-refractivity contribution is -0.149. The first-order valence-electron chi connectivity index (χ1n) is 5.80. The summed E-state index contributed by atoms with van der Waals surface area (Å²) in [6.45, 7) is 2.53. The van der Waals surface area contributed by atoms with Crippen LogP contribution in [0.25, 0.3) is 0 Å². The van der Waals surface area contributed by atoms with E-state index < -0.39 is 6.04 Å². The molecule has 0 N–H and O–H groups in total. The number of esters is 1. The van der Waals surface area contributed by atoms with Gasteiger partial charge in [0.05, 0.1) is 7.11 Å². The third-order valence-corrected chi connectivity index (χ3v) is 4.93. The van der Waals surface area contributed by atoms with E-state index in [0.29, 0.717) is 18.5 Å². The molecule has 0 unspecified atom stereocenters. The van der Waals surface area contributed by atoms with E-state index in [0.717, 1.165) is 14.5 Å². The van der Waals surface area contributed by atoms with Gasteiger partial charge in [0.25, 0.3) is 5.91 Å². The van der Waals surface area contributed by atoms with Gasteiger partial charge < -0.3 is 9.64 Å². The summed E-state index contributed by atoms with van der Waals surface area (Å²) in [6, 6.07) is 3.10. The fourth-order valence-corrected chi connectivity index (χ4v) is 3.13. The fraction of sp³-hybridized carbons (Fsp3) is 0.385. The number of hydrogen-bond acceptors (Lipinski definition) is 3. The van der Waals surface area contributed by atoms with Crippen LogP contribution in [-0.2, 0) is 9.53 Å². The van der Waals surface area contributed by atoms with E-state index >= 15 is 0 Å². The van der Waals surface area contributed by atoms with E-state index in [2.05, 4.69) is 36.6 Å². The summed E-state index contributed by atoms with van der Waals surface area (Å²) in [6.07, 6.45) is 0.659. The standard InChI is InChI=1S/C13H13Br2NO3/c1-7-9(14)5-8(6-10(7)15)12(17)16-4-3-11(16)13(18)19-2/h5-6,11H,3-4H2,1-2H3/t11-/m1/s1. The Kier molecular flexibility index (Phi) is 4.30. The van der Waals surface area contributed by atoms with Crippen molar-refractivity contribution in [3.05, 3.63) is 32.2 Å². The van der Waals surface area contributed by atoms with Gasteiger partial charge in [0, 0.05) is 21.1 Å². The van der Waals surface area contributed by atoms with Crippen molar-refractivity contribution in [2.75, 3.05) is 13.7 Å². The zero-order valence-electron chi connectivity index (χ0n) is 10.6. The number of rotatable bonds is 2. The summed E-state index contributed by atoms with van der Waals surface area (Å²) >= 11 is 6.84. The van der Waals surface area contributed by atoms with E-state index in [4.69, 9.17) is 0 Å². The highest BCUT2D eigenvalue weighted by Crippen LogP contribution is 2.29. The Hall–Kier alpha value is -0.880. The van der Waals surface area contributed by atoms with Crippen LogP contribution in [-0.4, -0.2) is 36.5 Å². The number of likely N-dealkylation sites (tertiary alicyclic amines) is 1. The third-order valence-electron chi connectivity index (χ3n) is 3.28. The van der Waals surface area contributed by atoms with Crippen LogP contribution in [0.4, 0.5) is 0 Å². The molecular weight excluding hydrogens is 378 g/mol. The Balaban J connectivity index is 2.23. The molecule has 1 amide bonds. The maximum absolute atomic E-state index is 12.3. The van der Waals surface area contributed by atoms with Crippen LogP contribution in [0.5, 0.6) is 0 Å². The number of ether oxygens (including phenoxy) is 1. The van der Waals surface area contributed by atoms with Gasteiger partial charge in [-0.25, -0.2) is 4.79 Å². The highest BCUT2D eigenvalue weighted by Gasteiger charge is 2.38. The molecule has 1 saturated heterocycles. The Morgan fingerprint density at radius 1 is 1.32 bits per heavy atom. The molecule has 2 rings (SSSR count). The average Bonchev–Trinajstić information content (AvgIpc) is 2.33. The summed E-state index contributed by atoms with van der Waals surface area (Å²) in [5.74, 6) is -0.507. The van der Waals surface area contributed by atoms with Gasteiger partial charge in [0.2, 0.25) is 0 Å². The second-order valence-electron chi connectivity index (χ2n) is 4.39. The highest BCUT2D eigenvalue weighted by atomic mass is 79.9. The Morgan fingerprint density at radius 3 is 2.32 bits per heavy atom. The second-order valence-corrected chi connectivity index (χ2v) is 6.10. The van der Waals surface area contributed by atoms with Crippen molar-refractivity contribution in [3.8, 4) is 0 Å². The van der Waals surface area contributed by atoms with Gasteiger partial charge in [-0.15, -0.1) is 0 Å². The van der Waals surface area contributed by atoms with Crippen LogP contribution in [0.15, 0.2) is 21.1 Å². The van der Waals surface area contributed by atoms with Gasteiger partial charge >= 0.3 is 5.97 Å². The molecule has 1 aromatic rings. The number of halogens is 2. The maximum atomic E-state index is 12.3. The Bertz CT molecular complexity index is 522. The van der Waals surface area contributed by atoms with Gasteiger partial charge in [0.1, 0.15) is 6.04 Å². The highest BCUT2D eigenvalue weighted by molar-refractivity contribution is 9.11. The first-order valence-corrected chi connectivity index (χ1v) is 7.38. The number of carbonyl (C=O) groups excluding carboxylic acids is 2. The van der Waals surface area contributed by atoms with Crippen molar-refractivity contribution >= 4 is 43.7 Å². The molecule has 1 aliphatic heterocycles. The Labute approximate surface area is 128 Å². The summed E-state index contributed by atoms with van der Waals surface area (Å²) in [4.78, 5) is 25.4. The van der Waals surface area contributed by atoms with Crippen LogP contribution in [0.2, 0.25) is 0 Å². The van der Waals surface area contributed by atoms with Crippen molar-refractivity contribution < 1.29 is 14.3 Å². The van der Waals surface area contributed by atoms with Crippen molar-refractivity contribution in [1.29, 1.82) is 0 Å². The summed E-state index contributed by atoms with van der Waals surface area (Å²) in [5.41, 5.74) is 1.59. The molecule has 4 nitrogen and oxygen atoms in total. The number of nitrogens with zero attached hydrogens (tertiary/aromatic N) is 1. The predicted octanol–water partition coefficient (Wildman–Crippen LogP) is 2.91. The zero-order valence-corrected chi connectivity index (χ0v) is 13.7. The van der Waals surface area contributed by atoms with E-state index in [9.17, 15) is 9.59 Å². The number of hydrogen-bond donors (Lipinski definition) is 0. The van der Waals surface area contributed by atoms with E-state index in [1.54, 1.807) is 12.1 Å². The van der Waals surface area contributed by atoms with Crippen LogP contribution in [0.1, 0.15) is 22.3 Å². The van der Waals surface area contributed by atoms with Gasteiger partial charge in [0.15, 0.2) is 0 Å². The number of carbonyl (C=O) groups is 2. The zero-order chi connectivity index (χ0) is 14.2. The maximum Gasteiger partial charge on any atom is 0.328 e. The molecule has 6 heteroatoms. The van der Waals surface area contributed by atoms with Crippen LogP contribution >= 0.6 is 31.9 Å². The molecule has 0 saturated carbocycles. The average molecular weight is 391 g/mol. The van der Waals surface area contributed by atoms with Crippen LogP contribution in [0, 0.1) is 6.92 Å². The Morgan fingerprint density at radius 2 is 1.89 bits per heavy atom. The molecular formula is C13H13Br2NO3. The smallest absolute Gasteiger partial charge is 0.328 e. The molecule has 1 atom stereocenters. The van der Waals surface area contributed by atoms with Gasteiger partial charge in [-0.05, 0) is 31.0 Å². The molecule has 102 valence electrons. The normalized spacial score (nSPS) is 17.9. The lowest BCUT2D eigenvalue weighted by Gasteiger charge is -2.38. The number of amides is 1. The van der Waals surface area contributed by atoms with E-state index in [1.807, 2.05) is 6.92 Å². The third kappa shape index (κ3) is 2.69. The van der Waals surface area contributed by atoms with E-state index in [-0.39, 0.29) is 11.9 Å². The molecule has 0 radical (unpaired) electrons. The predicted molar refractivity (Wildman–Crippen MR) is 78.0 cm³/mol. The van der Waals surface area contributed by atoms with Gasteiger partial charge in [-0.1, -0.05) is 31.9 Å². The quantitative estimate of drug-likeness (QED) is 0.729. The molecule has 1 aromatic carbocycles. The number of methoxy groups -OCH3 is 1. The monoisotopic (exact) mass is 389 g/mol. The topological polar surface area (TPSA) is 46.6 Å². The molecule has 1 aliphatic rings. The fourth-order valence-electron chi connectivity index (χ4n) is 1.95. The van der Waals surface area contributed by atoms with E-state index in [1.165, 1.54) is 12.0 Å². The van der Waals surface area contributed by atoms with Crippen LogP contribution in [0.3, 0.4) is 0 Å². The number of benzene rings is 1. The van der Waals surface area contributed by atoms with Gasteiger partial charge in [-0.2, -0.15) is 0 Å². The molecule has 0 aromatic heterocycles. The molecule has 1 fully saturated rings. The van der Waals surface area contributed by atoms with Gasteiger partial charge in [-0.3, -0.25) is 4.79 Å². The molecule has 0 spiro atoms. The SMILES string of the molecule is COC(=O)[C@H]1CCN1C(=O)c1cc(Br)c(C)c(Br)c1. The summed E-state index contributed by atoms with van der Waals surface area (Å²) in [7, 11) is 1.34. The second kappa shape index (κ2) is 5.63. The lowest BCUT2D eigenvalue weighted by atomic mass is 10.0. The van der Waals surface area contributed by atoms with Crippen molar-refractivity contribution in [1.82, 2.24) is 4.90 Å². The summed E-state index contributed by atoms with van der Waals surface area (Å²) < 4.78 is 6.41. The van der Waals surface area contributed by atoms with Crippen molar-refractivity contribution in [3.63, 3.8) is 0 Å².